The summed E-state index contributed by atoms with van der Waals surface area (Å²) in [6.07, 6.45) is 6.92. The molecule has 1 N–H and O–H groups in total. The summed E-state index contributed by atoms with van der Waals surface area (Å²) >= 11 is 1.57. The number of aromatic nitrogens is 3. The van der Waals surface area contributed by atoms with Crippen molar-refractivity contribution in [3.05, 3.63) is 29.7 Å². The number of piperidine rings is 1. The SMILES string of the molecule is CC(=O)N1CCC(c2csc(Nc3cnccn3)n2)CC1. The summed E-state index contributed by atoms with van der Waals surface area (Å²) in [4.78, 5) is 26.1. The minimum Gasteiger partial charge on any atom is -0.343 e. The highest BCUT2D eigenvalue weighted by atomic mass is 32.1. The number of rotatable bonds is 3. The van der Waals surface area contributed by atoms with E-state index in [4.69, 9.17) is 0 Å². The number of nitrogens with zero attached hydrogens (tertiary/aromatic N) is 4. The molecule has 0 aromatic carbocycles. The van der Waals surface area contributed by atoms with Crippen molar-refractivity contribution in [2.45, 2.75) is 25.7 Å². The number of nitrogens with one attached hydrogen (secondary N) is 1. The van der Waals surface area contributed by atoms with Crippen molar-refractivity contribution in [1.82, 2.24) is 19.9 Å². The normalized spacial score (nSPS) is 16.0. The number of hydrogen-bond acceptors (Lipinski definition) is 6. The first kappa shape index (κ1) is 13.9. The molecular formula is C14H17N5OS. The van der Waals surface area contributed by atoms with Gasteiger partial charge in [-0.2, -0.15) is 0 Å². The van der Waals surface area contributed by atoms with E-state index in [1.165, 1.54) is 0 Å². The average Bonchev–Trinajstić information content (AvgIpc) is 2.97. The molecule has 3 rings (SSSR count). The van der Waals surface area contributed by atoms with E-state index in [1.807, 2.05) is 4.90 Å². The van der Waals surface area contributed by atoms with Crippen molar-refractivity contribution >= 4 is 28.2 Å². The van der Waals surface area contributed by atoms with Crippen LogP contribution in [-0.2, 0) is 4.79 Å². The zero-order chi connectivity index (χ0) is 14.7. The second kappa shape index (κ2) is 6.17. The lowest BCUT2D eigenvalue weighted by Crippen LogP contribution is -2.36. The molecule has 1 fully saturated rings. The minimum atomic E-state index is 0.164. The van der Waals surface area contributed by atoms with Gasteiger partial charge in [-0.05, 0) is 12.8 Å². The van der Waals surface area contributed by atoms with Crippen LogP contribution >= 0.6 is 11.3 Å². The number of carbonyl (C=O) groups excluding carboxylic acids is 1. The van der Waals surface area contributed by atoms with Crippen LogP contribution in [0.15, 0.2) is 24.0 Å². The van der Waals surface area contributed by atoms with Gasteiger partial charge in [0.05, 0.1) is 11.9 Å². The van der Waals surface area contributed by atoms with E-state index in [1.54, 1.807) is 36.9 Å². The number of anilines is 2. The first-order chi connectivity index (χ1) is 10.2. The zero-order valence-electron chi connectivity index (χ0n) is 11.8. The summed E-state index contributed by atoms with van der Waals surface area (Å²) in [5.74, 6) is 1.30. The third-order valence-electron chi connectivity index (χ3n) is 3.68. The number of carbonyl (C=O) groups is 1. The molecule has 21 heavy (non-hydrogen) atoms. The third kappa shape index (κ3) is 3.36. The average molecular weight is 303 g/mol. The molecule has 6 nitrogen and oxygen atoms in total. The summed E-state index contributed by atoms with van der Waals surface area (Å²) in [5.41, 5.74) is 1.11. The summed E-state index contributed by atoms with van der Waals surface area (Å²) in [7, 11) is 0. The Morgan fingerprint density at radius 3 is 2.86 bits per heavy atom. The number of thiazole rings is 1. The highest BCUT2D eigenvalue weighted by molar-refractivity contribution is 7.13. The standard InChI is InChI=1S/C14H17N5OS/c1-10(20)19-6-2-11(3-7-19)12-9-21-14(17-12)18-13-8-15-4-5-16-13/h4-5,8-9,11H,2-3,6-7H2,1H3,(H,16,17,18). The van der Waals surface area contributed by atoms with Crippen molar-refractivity contribution in [2.75, 3.05) is 18.4 Å². The van der Waals surface area contributed by atoms with E-state index in [0.717, 1.165) is 36.8 Å². The molecule has 0 atom stereocenters. The predicted octanol–water partition coefficient (Wildman–Crippen LogP) is 2.40. The molecule has 7 heteroatoms. The fraction of sp³-hybridized carbons (Fsp3) is 0.429. The Morgan fingerprint density at radius 1 is 1.38 bits per heavy atom. The largest absolute Gasteiger partial charge is 0.343 e. The molecule has 0 spiro atoms. The van der Waals surface area contributed by atoms with Crippen molar-refractivity contribution < 1.29 is 4.79 Å². The molecule has 2 aromatic heterocycles. The van der Waals surface area contributed by atoms with Crippen LogP contribution in [0.25, 0.3) is 0 Å². The van der Waals surface area contributed by atoms with Crippen molar-refractivity contribution in [3.8, 4) is 0 Å². The molecule has 1 aliphatic heterocycles. The van der Waals surface area contributed by atoms with E-state index in [9.17, 15) is 4.79 Å². The van der Waals surface area contributed by atoms with Crippen molar-refractivity contribution in [3.63, 3.8) is 0 Å². The monoisotopic (exact) mass is 303 g/mol. The van der Waals surface area contributed by atoms with Crippen LogP contribution in [-0.4, -0.2) is 38.8 Å². The smallest absolute Gasteiger partial charge is 0.219 e. The van der Waals surface area contributed by atoms with Gasteiger partial charge in [0.1, 0.15) is 0 Å². The molecular weight excluding hydrogens is 286 g/mol. The maximum absolute atomic E-state index is 11.3. The van der Waals surface area contributed by atoms with Crippen molar-refractivity contribution in [2.24, 2.45) is 0 Å². The zero-order valence-corrected chi connectivity index (χ0v) is 12.6. The highest BCUT2D eigenvalue weighted by Gasteiger charge is 2.23. The lowest BCUT2D eigenvalue weighted by Gasteiger charge is -2.30. The summed E-state index contributed by atoms with van der Waals surface area (Å²) in [5, 5.41) is 6.08. The van der Waals surface area contributed by atoms with Crippen LogP contribution < -0.4 is 5.32 Å². The van der Waals surface area contributed by atoms with E-state index >= 15 is 0 Å². The van der Waals surface area contributed by atoms with Crippen LogP contribution in [0.3, 0.4) is 0 Å². The maximum Gasteiger partial charge on any atom is 0.219 e. The van der Waals surface area contributed by atoms with E-state index in [0.29, 0.717) is 11.7 Å². The number of amides is 1. The summed E-state index contributed by atoms with van der Waals surface area (Å²) < 4.78 is 0. The Kier molecular flexibility index (Phi) is 4.10. The Bertz CT molecular complexity index is 607. The fourth-order valence-electron chi connectivity index (χ4n) is 2.49. The van der Waals surface area contributed by atoms with Gasteiger partial charge < -0.3 is 10.2 Å². The van der Waals surface area contributed by atoms with Gasteiger partial charge in [0.15, 0.2) is 10.9 Å². The Balaban J connectivity index is 1.62. The van der Waals surface area contributed by atoms with Crippen LogP contribution in [0.2, 0.25) is 0 Å². The third-order valence-corrected chi connectivity index (χ3v) is 4.45. The van der Waals surface area contributed by atoms with E-state index < -0.39 is 0 Å². The van der Waals surface area contributed by atoms with Crippen LogP contribution in [0.1, 0.15) is 31.4 Å². The maximum atomic E-state index is 11.3. The lowest BCUT2D eigenvalue weighted by atomic mass is 9.94. The first-order valence-corrected chi connectivity index (χ1v) is 7.84. The highest BCUT2D eigenvalue weighted by Crippen LogP contribution is 2.31. The summed E-state index contributed by atoms with van der Waals surface area (Å²) in [6.45, 7) is 3.28. The topological polar surface area (TPSA) is 71.0 Å². The Hall–Kier alpha value is -2.02. The van der Waals surface area contributed by atoms with Gasteiger partial charge in [-0.3, -0.25) is 9.78 Å². The lowest BCUT2D eigenvalue weighted by molar-refractivity contribution is -0.129. The molecule has 2 aromatic rings. The molecule has 1 aliphatic rings. The minimum absolute atomic E-state index is 0.164. The molecule has 1 saturated heterocycles. The van der Waals surface area contributed by atoms with Gasteiger partial charge in [0, 0.05) is 43.7 Å². The van der Waals surface area contributed by atoms with Gasteiger partial charge in [0.25, 0.3) is 0 Å². The predicted molar refractivity (Wildman–Crippen MR) is 81.7 cm³/mol. The quantitative estimate of drug-likeness (QED) is 0.942. The van der Waals surface area contributed by atoms with E-state index in [-0.39, 0.29) is 5.91 Å². The number of likely N-dealkylation sites (tertiary alicyclic amines) is 1. The van der Waals surface area contributed by atoms with Gasteiger partial charge >= 0.3 is 0 Å². The molecule has 0 unspecified atom stereocenters. The molecule has 3 heterocycles. The van der Waals surface area contributed by atoms with Gasteiger partial charge in [0.2, 0.25) is 5.91 Å². The molecule has 0 radical (unpaired) electrons. The van der Waals surface area contributed by atoms with Crippen LogP contribution in [0, 0.1) is 0 Å². The van der Waals surface area contributed by atoms with Gasteiger partial charge in [-0.15, -0.1) is 11.3 Å². The van der Waals surface area contributed by atoms with Gasteiger partial charge in [-0.25, -0.2) is 9.97 Å². The molecule has 0 aliphatic carbocycles. The molecule has 0 bridgehead atoms. The molecule has 1 amide bonds. The molecule has 0 saturated carbocycles. The van der Waals surface area contributed by atoms with Crippen LogP contribution in [0.5, 0.6) is 0 Å². The van der Waals surface area contributed by atoms with E-state index in [2.05, 4.69) is 25.6 Å². The number of hydrogen-bond donors (Lipinski definition) is 1. The summed E-state index contributed by atoms with van der Waals surface area (Å²) in [6, 6.07) is 0. The first-order valence-electron chi connectivity index (χ1n) is 6.96. The second-order valence-electron chi connectivity index (χ2n) is 5.07. The Labute approximate surface area is 127 Å². The Morgan fingerprint density at radius 2 is 2.19 bits per heavy atom. The second-order valence-corrected chi connectivity index (χ2v) is 5.93. The van der Waals surface area contributed by atoms with Crippen molar-refractivity contribution in [1.29, 1.82) is 0 Å². The van der Waals surface area contributed by atoms with Crippen LogP contribution in [0.4, 0.5) is 10.9 Å². The fourth-order valence-corrected chi connectivity index (χ4v) is 3.29. The molecule has 110 valence electrons. The van der Waals surface area contributed by atoms with Gasteiger partial charge in [-0.1, -0.05) is 0 Å².